The number of nitrogens with zero attached hydrogens (tertiary/aromatic N) is 4. The normalized spacial score (nSPS) is 33.7. The molecule has 4 bridgehead atoms. The van der Waals surface area contributed by atoms with Gasteiger partial charge in [0.25, 0.3) is 0 Å². The first-order chi connectivity index (χ1) is 13.7. The highest BCUT2D eigenvalue weighted by molar-refractivity contribution is 5.98. The first-order valence-electron chi connectivity index (χ1n) is 10.1. The molecule has 4 aliphatic rings. The fraction of sp³-hybridized carbons (Fsp3) is 0.600. The van der Waals surface area contributed by atoms with E-state index < -0.39 is 0 Å². The van der Waals surface area contributed by atoms with E-state index in [1.807, 2.05) is 4.57 Å². The van der Waals surface area contributed by atoms with Gasteiger partial charge in [-0.15, -0.1) is 0 Å². The highest BCUT2D eigenvalue weighted by Gasteiger charge is 2.57. The van der Waals surface area contributed by atoms with E-state index in [1.165, 1.54) is 0 Å². The van der Waals surface area contributed by atoms with Crippen LogP contribution in [-0.4, -0.2) is 36.7 Å². The molecule has 4 fully saturated rings. The Labute approximate surface area is 160 Å². The molecule has 8 nitrogen and oxygen atoms in total. The third-order valence-electron chi connectivity index (χ3n) is 7.22. The van der Waals surface area contributed by atoms with Gasteiger partial charge in [-0.2, -0.15) is 5.26 Å². The minimum Gasteiger partial charge on any atom is -0.374 e. The lowest BCUT2D eigenvalue weighted by Gasteiger charge is -2.59. The van der Waals surface area contributed by atoms with Gasteiger partial charge in [-0.1, -0.05) is 0 Å². The molecular weight excluding hydrogens is 356 g/mol. The molecule has 7 rings (SSSR count). The van der Waals surface area contributed by atoms with E-state index in [4.69, 9.17) is 10.00 Å². The summed E-state index contributed by atoms with van der Waals surface area (Å²) in [7, 11) is 0. The second-order valence-corrected chi connectivity index (χ2v) is 8.82. The summed E-state index contributed by atoms with van der Waals surface area (Å²) >= 11 is 0. The van der Waals surface area contributed by atoms with E-state index >= 15 is 0 Å². The highest BCUT2D eigenvalue weighted by atomic mass is 16.5. The number of nitriles is 1. The van der Waals surface area contributed by atoms with Crippen molar-refractivity contribution in [2.75, 3.05) is 6.61 Å². The molecule has 0 aromatic carbocycles. The van der Waals surface area contributed by atoms with Gasteiger partial charge in [0.05, 0.1) is 48.3 Å². The molecule has 0 spiro atoms. The van der Waals surface area contributed by atoms with Gasteiger partial charge in [0.15, 0.2) is 5.65 Å². The Morgan fingerprint density at radius 3 is 2.89 bits per heavy atom. The van der Waals surface area contributed by atoms with Gasteiger partial charge in [-0.25, -0.2) is 14.8 Å². The smallest absolute Gasteiger partial charge is 0.326 e. The summed E-state index contributed by atoms with van der Waals surface area (Å²) in [5.41, 5.74) is 2.96. The Bertz CT molecular complexity index is 1150. The number of nitrogens with one attached hydrogen (secondary N) is 2. The fourth-order valence-corrected chi connectivity index (χ4v) is 6.62. The van der Waals surface area contributed by atoms with Gasteiger partial charge in [0.2, 0.25) is 0 Å². The summed E-state index contributed by atoms with van der Waals surface area (Å²) in [6, 6.07) is 2.36. The molecule has 0 radical (unpaired) electrons. The largest absolute Gasteiger partial charge is 0.374 e. The number of hydrogen-bond donors (Lipinski definition) is 2. The van der Waals surface area contributed by atoms with Crippen LogP contribution in [-0.2, 0) is 4.74 Å². The van der Waals surface area contributed by atoms with Crippen LogP contribution in [0.5, 0.6) is 0 Å². The Morgan fingerprint density at radius 1 is 1.29 bits per heavy atom. The molecule has 0 saturated heterocycles. The van der Waals surface area contributed by atoms with Gasteiger partial charge in [-0.3, -0.25) is 4.57 Å². The number of hydrogen-bond acceptors (Lipinski definition) is 5. The summed E-state index contributed by atoms with van der Waals surface area (Å²) < 4.78 is 8.26. The van der Waals surface area contributed by atoms with E-state index in [2.05, 4.69) is 26.0 Å². The summed E-state index contributed by atoms with van der Waals surface area (Å²) in [5.74, 6) is 1.53. The average molecular weight is 378 g/mol. The maximum Gasteiger partial charge on any atom is 0.326 e. The average Bonchev–Trinajstić information content (AvgIpc) is 3.25. The fourth-order valence-electron chi connectivity index (χ4n) is 6.62. The Hall–Kier alpha value is -2.66. The number of aromatic nitrogens is 5. The van der Waals surface area contributed by atoms with E-state index in [0.29, 0.717) is 36.4 Å². The molecule has 3 aromatic heterocycles. The Balaban J connectivity index is 1.44. The zero-order chi connectivity index (χ0) is 18.9. The van der Waals surface area contributed by atoms with Gasteiger partial charge < -0.3 is 14.7 Å². The second-order valence-electron chi connectivity index (χ2n) is 8.82. The van der Waals surface area contributed by atoms with Crippen molar-refractivity contribution in [3.63, 3.8) is 0 Å². The van der Waals surface area contributed by atoms with Crippen LogP contribution in [0.2, 0.25) is 0 Å². The standard InChI is InChI=1S/C20H22N6O2/c21-2-1-3-28-20-6-11-4-12(7-20)16(13(5-11)8-20)26-17-14(25-19(26)27)9-22-18-15(17)23-10-24-18/h9-13,16H,1,3-8H2,(H,25,27)(H,22,23,24)/t11?,12-,13+,16?,20?. The van der Waals surface area contributed by atoms with Crippen molar-refractivity contribution in [2.45, 2.75) is 50.2 Å². The topological polar surface area (TPSA) is 112 Å². The summed E-state index contributed by atoms with van der Waals surface area (Å²) in [5, 5.41) is 8.86. The molecule has 5 atom stereocenters. The van der Waals surface area contributed by atoms with Gasteiger partial charge >= 0.3 is 5.69 Å². The summed E-state index contributed by atoms with van der Waals surface area (Å²) in [6.45, 7) is 0.515. The third kappa shape index (κ3) is 2.17. The van der Waals surface area contributed by atoms with Crippen molar-refractivity contribution in [2.24, 2.45) is 17.8 Å². The zero-order valence-electron chi connectivity index (χ0n) is 15.5. The molecule has 3 unspecified atom stereocenters. The summed E-state index contributed by atoms with van der Waals surface area (Å²) in [4.78, 5) is 27.8. The van der Waals surface area contributed by atoms with Crippen LogP contribution in [0.25, 0.3) is 22.2 Å². The van der Waals surface area contributed by atoms with Gasteiger partial charge in [-0.05, 0) is 49.9 Å². The highest BCUT2D eigenvalue weighted by Crippen LogP contribution is 2.61. The Morgan fingerprint density at radius 2 is 2.11 bits per heavy atom. The SMILES string of the molecule is N#CCCOC12CC3C[C@H](C1)C(n1c(=O)[nH]c4cnc5nc[nH]c5c41)[C@@H](C3)C2. The first-order valence-corrected chi connectivity index (χ1v) is 10.1. The minimum atomic E-state index is -0.0928. The van der Waals surface area contributed by atoms with E-state index in [0.717, 1.165) is 48.7 Å². The van der Waals surface area contributed by atoms with Crippen LogP contribution >= 0.6 is 0 Å². The predicted molar refractivity (Wildman–Crippen MR) is 102 cm³/mol. The maximum atomic E-state index is 13.0. The van der Waals surface area contributed by atoms with Crippen LogP contribution in [0.3, 0.4) is 0 Å². The number of imidazole rings is 2. The molecule has 8 heteroatoms. The van der Waals surface area contributed by atoms with Crippen molar-refractivity contribution in [1.29, 1.82) is 5.26 Å². The van der Waals surface area contributed by atoms with Crippen molar-refractivity contribution in [3.05, 3.63) is 23.0 Å². The van der Waals surface area contributed by atoms with Crippen LogP contribution in [0, 0.1) is 29.1 Å². The van der Waals surface area contributed by atoms with Crippen LogP contribution in [0.1, 0.15) is 44.6 Å². The zero-order valence-corrected chi connectivity index (χ0v) is 15.5. The lowest BCUT2D eigenvalue weighted by molar-refractivity contribution is -0.178. The van der Waals surface area contributed by atoms with Crippen molar-refractivity contribution in [3.8, 4) is 6.07 Å². The van der Waals surface area contributed by atoms with Crippen molar-refractivity contribution >= 4 is 22.2 Å². The van der Waals surface area contributed by atoms with E-state index in [-0.39, 0.29) is 17.3 Å². The molecule has 2 N–H and O–H groups in total. The molecule has 4 saturated carbocycles. The molecular formula is C20H22N6O2. The third-order valence-corrected chi connectivity index (χ3v) is 7.22. The Kier molecular flexibility index (Phi) is 3.30. The molecule has 3 heterocycles. The second kappa shape index (κ2) is 5.67. The van der Waals surface area contributed by atoms with Crippen molar-refractivity contribution in [1.82, 2.24) is 24.5 Å². The number of pyridine rings is 1. The molecule has 4 aliphatic carbocycles. The summed E-state index contributed by atoms with van der Waals surface area (Å²) in [6.07, 6.45) is 9.15. The lowest BCUT2D eigenvalue weighted by Crippen LogP contribution is -2.57. The van der Waals surface area contributed by atoms with Gasteiger partial charge in [0, 0.05) is 6.04 Å². The van der Waals surface area contributed by atoms with Crippen molar-refractivity contribution < 1.29 is 4.74 Å². The van der Waals surface area contributed by atoms with Crippen LogP contribution in [0.4, 0.5) is 0 Å². The molecule has 0 amide bonds. The minimum absolute atomic E-state index is 0.0594. The van der Waals surface area contributed by atoms with Crippen LogP contribution in [0.15, 0.2) is 17.3 Å². The van der Waals surface area contributed by atoms with E-state index in [1.54, 1.807) is 12.5 Å². The first kappa shape index (κ1) is 16.3. The van der Waals surface area contributed by atoms with Gasteiger partial charge in [0.1, 0.15) is 5.52 Å². The number of rotatable bonds is 4. The maximum absolute atomic E-state index is 13.0. The van der Waals surface area contributed by atoms with E-state index in [9.17, 15) is 4.79 Å². The lowest BCUT2D eigenvalue weighted by atomic mass is 9.52. The van der Waals surface area contributed by atoms with Crippen LogP contribution < -0.4 is 5.69 Å². The quantitative estimate of drug-likeness (QED) is 0.678. The number of aromatic amines is 2. The molecule has 28 heavy (non-hydrogen) atoms. The monoisotopic (exact) mass is 378 g/mol. The predicted octanol–water partition coefficient (Wildman–Crippen LogP) is 2.65. The molecule has 3 aromatic rings. The number of ether oxygens (including phenoxy) is 1. The molecule has 144 valence electrons. The number of fused-ring (bicyclic) bond motifs is 3. The number of H-pyrrole nitrogens is 2. The molecule has 0 aliphatic heterocycles.